The fourth-order valence-electron chi connectivity index (χ4n) is 2.59. The molecular formula is C15H22BrFN2. The number of nitrogens with zero attached hydrogens (tertiary/aromatic N) is 1. The summed E-state index contributed by atoms with van der Waals surface area (Å²) in [4.78, 5) is 2.31. The van der Waals surface area contributed by atoms with Gasteiger partial charge in [-0.15, -0.1) is 0 Å². The molecule has 1 atom stereocenters. The molecule has 1 aliphatic heterocycles. The summed E-state index contributed by atoms with van der Waals surface area (Å²) in [7, 11) is 0. The number of nitrogens with one attached hydrogen (secondary N) is 1. The van der Waals surface area contributed by atoms with Crippen LogP contribution in [-0.4, -0.2) is 30.6 Å². The zero-order valence-electron chi connectivity index (χ0n) is 11.5. The van der Waals surface area contributed by atoms with E-state index in [0.717, 1.165) is 29.7 Å². The highest BCUT2D eigenvalue weighted by Gasteiger charge is 2.16. The maximum absolute atomic E-state index is 13.9. The fraction of sp³-hybridized carbons (Fsp3) is 0.600. The van der Waals surface area contributed by atoms with Crippen LogP contribution in [0.25, 0.3) is 0 Å². The molecule has 4 heteroatoms. The Bertz CT molecular complexity index is 405. The Morgan fingerprint density at radius 1 is 1.42 bits per heavy atom. The molecule has 1 unspecified atom stereocenters. The summed E-state index contributed by atoms with van der Waals surface area (Å²) in [5.74, 6) is -0.121. The number of hydrogen-bond acceptors (Lipinski definition) is 2. The molecular weight excluding hydrogens is 307 g/mol. The first-order chi connectivity index (χ1) is 9.19. The third kappa shape index (κ3) is 4.55. The van der Waals surface area contributed by atoms with Crippen LogP contribution in [0.5, 0.6) is 0 Å². The Morgan fingerprint density at radius 3 is 2.89 bits per heavy atom. The van der Waals surface area contributed by atoms with Gasteiger partial charge in [0.25, 0.3) is 0 Å². The van der Waals surface area contributed by atoms with E-state index in [2.05, 4.69) is 33.1 Å². The summed E-state index contributed by atoms with van der Waals surface area (Å²) in [6.07, 6.45) is 3.82. The van der Waals surface area contributed by atoms with Crippen LogP contribution in [0.15, 0.2) is 22.7 Å². The van der Waals surface area contributed by atoms with Crippen LogP contribution in [0.2, 0.25) is 0 Å². The molecule has 0 aliphatic carbocycles. The maximum Gasteiger partial charge on any atom is 0.128 e. The first kappa shape index (κ1) is 14.9. The minimum atomic E-state index is -0.121. The quantitative estimate of drug-likeness (QED) is 0.889. The second-order valence-electron chi connectivity index (χ2n) is 5.21. The Morgan fingerprint density at radius 2 is 2.26 bits per heavy atom. The van der Waals surface area contributed by atoms with E-state index in [1.54, 1.807) is 6.07 Å². The van der Waals surface area contributed by atoms with Gasteiger partial charge in [-0.05, 0) is 38.1 Å². The SMILES string of the molecule is CCN(Cc1ccc(Br)cc1F)CC1CCCCN1. The predicted molar refractivity (Wildman–Crippen MR) is 80.7 cm³/mol. The summed E-state index contributed by atoms with van der Waals surface area (Å²) in [5.41, 5.74) is 0.779. The van der Waals surface area contributed by atoms with Crippen LogP contribution < -0.4 is 5.32 Å². The number of likely N-dealkylation sites (N-methyl/N-ethyl adjacent to an activating group) is 1. The van der Waals surface area contributed by atoms with Gasteiger partial charge >= 0.3 is 0 Å². The standard InChI is InChI=1S/C15H22BrFN2/c1-2-19(11-14-5-3-4-8-18-14)10-12-6-7-13(16)9-15(12)17/h6-7,9,14,18H,2-5,8,10-11H2,1H3. The van der Waals surface area contributed by atoms with Crippen molar-refractivity contribution in [3.63, 3.8) is 0 Å². The van der Waals surface area contributed by atoms with Crippen LogP contribution in [0.4, 0.5) is 4.39 Å². The lowest BCUT2D eigenvalue weighted by Crippen LogP contribution is -2.43. The zero-order chi connectivity index (χ0) is 13.7. The van der Waals surface area contributed by atoms with Gasteiger partial charge in [0.2, 0.25) is 0 Å². The van der Waals surface area contributed by atoms with Gasteiger partial charge in [-0.3, -0.25) is 4.90 Å². The molecule has 1 aromatic carbocycles. The van der Waals surface area contributed by atoms with Gasteiger partial charge in [-0.2, -0.15) is 0 Å². The topological polar surface area (TPSA) is 15.3 Å². The number of hydrogen-bond donors (Lipinski definition) is 1. The highest BCUT2D eigenvalue weighted by molar-refractivity contribution is 9.10. The Balaban J connectivity index is 1.94. The van der Waals surface area contributed by atoms with Gasteiger partial charge < -0.3 is 5.32 Å². The van der Waals surface area contributed by atoms with E-state index in [1.165, 1.54) is 19.3 Å². The van der Waals surface area contributed by atoms with Crippen LogP contribution in [-0.2, 0) is 6.54 Å². The molecule has 1 aliphatic rings. The highest BCUT2D eigenvalue weighted by atomic mass is 79.9. The number of piperidine rings is 1. The van der Waals surface area contributed by atoms with E-state index in [0.29, 0.717) is 12.6 Å². The third-order valence-corrected chi connectivity index (χ3v) is 4.24. The molecule has 1 saturated heterocycles. The lowest BCUT2D eigenvalue weighted by Gasteiger charge is -2.30. The lowest BCUT2D eigenvalue weighted by atomic mass is 10.0. The molecule has 2 nitrogen and oxygen atoms in total. The molecule has 0 spiro atoms. The molecule has 0 bridgehead atoms. The molecule has 1 aromatic rings. The second kappa shape index (κ2) is 7.36. The molecule has 106 valence electrons. The van der Waals surface area contributed by atoms with Gasteiger partial charge in [-0.1, -0.05) is 35.3 Å². The first-order valence-corrected chi connectivity index (χ1v) is 7.88. The Labute approximate surface area is 123 Å². The maximum atomic E-state index is 13.9. The van der Waals surface area contributed by atoms with Gasteiger partial charge in [0.05, 0.1) is 0 Å². The molecule has 1 heterocycles. The van der Waals surface area contributed by atoms with Crippen LogP contribution in [0, 0.1) is 5.82 Å². The molecule has 2 rings (SSSR count). The van der Waals surface area contributed by atoms with Crippen molar-refractivity contribution in [2.45, 2.75) is 38.8 Å². The molecule has 1 fully saturated rings. The van der Waals surface area contributed by atoms with Crippen molar-refractivity contribution in [3.8, 4) is 0 Å². The van der Waals surface area contributed by atoms with Crippen LogP contribution in [0.1, 0.15) is 31.7 Å². The van der Waals surface area contributed by atoms with E-state index in [4.69, 9.17) is 0 Å². The number of halogens is 2. The summed E-state index contributed by atoms with van der Waals surface area (Å²) in [5, 5.41) is 3.55. The first-order valence-electron chi connectivity index (χ1n) is 7.08. The summed E-state index contributed by atoms with van der Waals surface area (Å²) in [6.45, 7) is 5.90. The van der Waals surface area contributed by atoms with Crippen molar-refractivity contribution in [1.29, 1.82) is 0 Å². The molecule has 0 saturated carbocycles. The Hall–Kier alpha value is -0.450. The minimum absolute atomic E-state index is 0.121. The van der Waals surface area contributed by atoms with Crippen molar-refractivity contribution in [1.82, 2.24) is 10.2 Å². The summed E-state index contributed by atoms with van der Waals surface area (Å²) in [6, 6.07) is 5.89. The van der Waals surface area contributed by atoms with E-state index in [9.17, 15) is 4.39 Å². The van der Waals surface area contributed by atoms with Crippen LogP contribution >= 0.6 is 15.9 Å². The largest absolute Gasteiger partial charge is 0.313 e. The van der Waals surface area contributed by atoms with Crippen molar-refractivity contribution in [2.24, 2.45) is 0 Å². The van der Waals surface area contributed by atoms with E-state index in [1.807, 2.05) is 12.1 Å². The van der Waals surface area contributed by atoms with Crippen LogP contribution in [0.3, 0.4) is 0 Å². The third-order valence-electron chi connectivity index (χ3n) is 3.75. The summed E-state index contributed by atoms with van der Waals surface area (Å²) < 4.78 is 14.7. The fourth-order valence-corrected chi connectivity index (χ4v) is 2.92. The second-order valence-corrected chi connectivity index (χ2v) is 6.13. The van der Waals surface area contributed by atoms with Gasteiger partial charge in [0, 0.05) is 29.2 Å². The average molecular weight is 329 g/mol. The van der Waals surface area contributed by atoms with Crippen molar-refractivity contribution in [2.75, 3.05) is 19.6 Å². The van der Waals surface area contributed by atoms with E-state index in [-0.39, 0.29) is 5.82 Å². The number of benzene rings is 1. The predicted octanol–water partition coefficient (Wildman–Crippen LogP) is 3.55. The smallest absolute Gasteiger partial charge is 0.128 e. The van der Waals surface area contributed by atoms with Crippen molar-refractivity contribution in [3.05, 3.63) is 34.1 Å². The molecule has 1 N–H and O–H groups in total. The molecule has 0 radical (unpaired) electrons. The van der Waals surface area contributed by atoms with Crippen molar-refractivity contribution >= 4 is 15.9 Å². The Kier molecular flexibility index (Phi) is 5.79. The van der Waals surface area contributed by atoms with E-state index < -0.39 is 0 Å². The van der Waals surface area contributed by atoms with Gasteiger partial charge in [0.1, 0.15) is 5.82 Å². The zero-order valence-corrected chi connectivity index (χ0v) is 13.0. The lowest BCUT2D eigenvalue weighted by molar-refractivity contribution is 0.224. The molecule has 0 aromatic heterocycles. The minimum Gasteiger partial charge on any atom is -0.313 e. The number of rotatable bonds is 5. The highest BCUT2D eigenvalue weighted by Crippen LogP contribution is 2.17. The average Bonchev–Trinajstić information content (AvgIpc) is 2.42. The van der Waals surface area contributed by atoms with Gasteiger partial charge in [0.15, 0.2) is 0 Å². The summed E-state index contributed by atoms with van der Waals surface area (Å²) >= 11 is 3.30. The molecule has 19 heavy (non-hydrogen) atoms. The van der Waals surface area contributed by atoms with Gasteiger partial charge in [-0.25, -0.2) is 4.39 Å². The normalized spacial score (nSPS) is 19.9. The van der Waals surface area contributed by atoms with Crippen molar-refractivity contribution < 1.29 is 4.39 Å². The van der Waals surface area contributed by atoms with E-state index >= 15 is 0 Å². The molecule has 0 amide bonds. The monoisotopic (exact) mass is 328 g/mol.